The van der Waals surface area contributed by atoms with E-state index in [-0.39, 0.29) is 17.7 Å². The molecule has 2 aromatic rings. The zero-order chi connectivity index (χ0) is 20.1. The van der Waals surface area contributed by atoms with Crippen molar-refractivity contribution in [1.29, 1.82) is 0 Å². The van der Waals surface area contributed by atoms with Gasteiger partial charge in [0.2, 0.25) is 11.8 Å². The van der Waals surface area contributed by atoms with Crippen molar-refractivity contribution in [3.8, 4) is 0 Å². The van der Waals surface area contributed by atoms with Crippen LogP contribution in [-0.2, 0) is 9.59 Å². The molecule has 148 valence electrons. The Labute approximate surface area is 171 Å². The van der Waals surface area contributed by atoms with Gasteiger partial charge in [0.25, 0.3) is 0 Å². The van der Waals surface area contributed by atoms with Gasteiger partial charge in [-0.3, -0.25) is 14.5 Å². The number of aryl methyl sites for hydroxylation is 2. The van der Waals surface area contributed by atoms with Crippen LogP contribution in [-0.4, -0.2) is 36.3 Å². The molecule has 1 aliphatic rings. The lowest BCUT2D eigenvalue weighted by molar-refractivity contribution is -0.121. The van der Waals surface area contributed by atoms with Gasteiger partial charge < -0.3 is 10.6 Å². The highest BCUT2D eigenvalue weighted by molar-refractivity contribution is 6.30. The number of rotatable bonds is 5. The Morgan fingerprint density at radius 3 is 2.25 bits per heavy atom. The van der Waals surface area contributed by atoms with Gasteiger partial charge in [0.1, 0.15) is 0 Å². The minimum Gasteiger partial charge on any atom is -0.326 e. The Balaban J connectivity index is 1.44. The number of carbonyl (C=O) groups excluding carboxylic acids is 2. The first-order valence-electron chi connectivity index (χ1n) is 9.56. The standard InChI is InChI=1S/C22H26ClN3O2/c1-15-3-6-20(13-16(15)2)24-21(27)14-26-11-9-17(10-12-26)22(28)25-19-7-4-18(23)5-8-19/h3-8,13,17H,9-12,14H2,1-2H3,(H,24,27)(H,25,28). The van der Waals surface area contributed by atoms with Crippen molar-refractivity contribution < 1.29 is 9.59 Å². The summed E-state index contributed by atoms with van der Waals surface area (Å²) in [6.07, 6.45) is 1.49. The van der Waals surface area contributed by atoms with Crippen molar-refractivity contribution in [3.63, 3.8) is 0 Å². The number of piperidine rings is 1. The lowest BCUT2D eigenvalue weighted by Crippen LogP contribution is -2.41. The number of nitrogens with zero attached hydrogens (tertiary/aromatic N) is 1. The molecular formula is C22H26ClN3O2. The van der Waals surface area contributed by atoms with Crippen molar-refractivity contribution in [2.24, 2.45) is 5.92 Å². The number of anilines is 2. The molecule has 0 atom stereocenters. The highest BCUT2D eigenvalue weighted by Gasteiger charge is 2.26. The molecule has 1 fully saturated rings. The highest BCUT2D eigenvalue weighted by Crippen LogP contribution is 2.21. The van der Waals surface area contributed by atoms with Crippen LogP contribution >= 0.6 is 11.6 Å². The minimum absolute atomic E-state index is 0.0210. The molecule has 0 saturated carbocycles. The summed E-state index contributed by atoms with van der Waals surface area (Å²) < 4.78 is 0. The summed E-state index contributed by atoms with van der Waals surface area (Å²) in [4.78, 5) is 26.9. The molecule has 2 N–H and O–H groups in total. The fourth-order valence-electron chi connectivity index (χ4n) is 3.35. The van der Waals surface area contributed by atoms with Gasteiger partial charge in [-0.1, -0.05) is 17.7 Å². The number of halogens is 1. The molecule has 0 spiro atoms. The van der Waals surface area contributed by atoms with E-state index in [0.29, 0.717) is 11.6 Å². The van der Waals surface area contributed by atoms with Crippen LogP contribution in [0.2, 0.25) is 5.02 Å². The van der Waals surface area contributed by atoms with E-state index in [1.165, 1.54) is 5.56 Å². The number of nitrogens with one attached hydrogen (secondary N) is 2. The molecule has 2 aromatic carbocycles. The van der Waals surface area contributed by atoms with E-state index in [1.54, 1.807) is 24.3 Å². The number of benzene rings is 2. The van der Waals surface area contributed by atoms with Gasteiger partial charge >= 0.3 is 0 Å². The smallest absolute Gasteiger partial charge is 0.238 e. The van der Waals surface area contributed by atoms with Crippen LogP contribution in [0.25, 0.3) is 0 Å². The molecular weight excluding hydrogens is 374 g/mol. The molecule has 6 heteroatoms. The molecule has 1 saturated heterocycles. The second-order valence-corrected chi connectivity index (χ2v) is 7.83. The first kappa shape index (κ1) is 20.4. The predicted molar refractivity (Wildman–Crippen MR) is 114 cm³/mol. The average molecular weight is 400 g/mol. The topological polar surface area (TPSA) is 61.4 Å². The molecule has 1 heterocycles. The van der Waals surface area contributed by atoms with Crippen LogP contribution in [0.15, 0.2) is 42.5 Å². The molecule has 0 radical (unpaired) electrons. The van der Waals surface area contributed by atoms with Crippen LogP contribution in [0.3, 0.4) is 0 Å². The molecule has 1 aliphatic heterocycles. The van der Waals surface area contributed by atoms with E-state index < -0.39 is 0 Å². The van der Waals surface area contributed by atoms with Gasteiger partial charge in [-0.15, -0.1) is 0 Å². The molecule has 28 heavy (non-hydrogen) atoms. The third kappa shape index (κ3) is 5.57. The van der Waals surface area contributed by atoms with Crippen molar-refractivity contribution >= 4 is 34.8 Å². The Morgan fingerprint density at radius 2 is 1.61 bits per heavy atom. The van der Waals surface area contributed by atoms with Crippen molar-refractivity contribution in [2.45, 2.75) is 26.7 Å². The number of amides is 2. The molecule has 0 bridgehead atoms. The van der Waals surface area contributed by atoms with Crippen LogP contribution < -0.4 is 10.6 Å². The van der Waals surface area contributed by atoms with Crippen molar-refractivity contribution in [2.75, 3.05) is 30.3 Å². The van der Waals surface area contributed by atoms with Gasteiger partial charge in [0, 0.05) is 22.3 Å². The number of hydrogen-bond acceptors (Lipinski definition) is 3. The van der Waals surface area contributed by atoms with Crippen LogP contribution in [0.1, 0.15) is 24.0 Å². The Kier molecular flexibility index (Phi) is 6.70. The molecule has 0 aliphatic carbocycles. The summed E-state index contributed by atoms with van der Waals surface area (Å²) in [5.74, 6) is -0.0244. The van der Waals surface area contributed by atoms with E-state index in [1.807, 2.05) is 32.0 Å². The maximum absolute atomic E-state index is 12.4. The fraction of sp³-hybridized carbons (Fsp3) is 0.364. The summed E-state index contributed by atoms with van der Waals surface area (Å²) in [5.41, 5.74) is 3.94. The highest BCUT2D eigenvalue weighted by atomic mass is 35.5. The molecule has 0 aromatic heterocycles. The maximum Gasteiger partial charge on any atom is 0.238 e. The average Bonchev–Trinajstić information content (AvgIpc) is 2.67. The Hall–Kier alpha value is -2.37. The second kappa shape index (κ2) is 9.22. The number of likely N-dealkylation sites (tertiary alicyclic amines) is 1. The first-order valence-corrected chi connectivity index (χ1v) is 9.94. The van der Waals surface area contributed by atoms with E-state index in [4.69, 9.17) is 11.6 Å². The third-order valence-corrected chi connectivity index (χ3v) is 5.48. The normalized spacial score (nSPS) is 15.2. The monoisotopic (exact) mass is 399 g/mol. The molecule has 5 nitrogen and oxygen atoms in total. The van der Waals surface area contributed by atoms with Crippen LogP contribution in [0.5, 0.6) is 0 Å². The van der Waals surface area contributed by atoms with Gasteiger partial charge in [-0.25, -0.2) is 0 Å². The largest absolute Gasteiger partial charge is 0.326 e. The summed E-state index contributed by atoms with van der Waals surface area (Å²) in [5, 5.41) is 6.54. The zero-order valence-electron chi connectivity index (χ0n) is 16.3. The van der Waals surface area contributed by atoms with E-state index in [0.717, 1.165) is 42.9 Å². The quantitative estimate of drug-likeness (QED) is 0.790. The van der Waals surface area contributed by atoms with Gasteiger partial charge in [-0.05, 0) is 87.3 Å². The minimum atomic E-state index is -0.0327. The van der Waals surface area contributed by atoms with E-state index in [9.17, 15) is 9.59 Å². The summed E-state index contributed by atoms with van der Waals surface area (Å²) in [6.45, 7) is 5.90. The van der Waals surface area contributed by atoms with Crippen molar-refractivity contribution in [3.05, 3.63) is 58.6 Å². The number of hydrogen-bond donors (Lipinski definition) is 2. The van der Waals surface area contributed by atoms with Crippen LogP contribution in [0.4, 0.5) is 11.4 Å². The number of carbonyl (C=O) groups is 2. The van der Waals surface area contributed by atoms with E-state index in [2.05, 4.69) is 15.5 Å². The Morgan fingerprint density at radius 1 is 0.964 bits per heavy atom. The summed E-state index contributed by atoms with van der Waals surface area (Å²) in [6, 6.07) is 13.0. The predicted octanol–water partition coefficient (Wildman–Crippen LogP) is 4.25. The third-order valence-electron chi connectivity index (χ3n) is 5.23. The Bertz CT molecular complexity index is 843. The lowest BCUT2D eigenvalue weighted by atomic mass is 9.96. The first-order chi connectivity index (χ1) is 13.4. The SMILES string of the molecule is Cc1ccc(NC(=O)CN2CCC(C(=O)Nc3ccc(Cl)cc3)CC2)cc1C. The fourth-order valence-corrected chi connectivity index (χ4v) is 3.48. The molecule has 0 unspecified atom stereocenters. The lowest BCUT2D eigenvalue weighted by Gasteiger charge is -2.30. The second-order valence-electron chi connectivity index (χ2n) is 7.39. The van der Waals surface area contributed by atoms with Gasteiger partial charge in [0.15, 0.2) is 0 Å². The molecule has 3 rings (SSSR count). The maximum atomic E-state index is 12.4. The molecule has 2 amide bonds. The zero-order valence-corrected chi connectivity index (χ0v) is 17.1. The summed E-state index contributed by atoms with van der Waals surface area (Å²) >= 11 is 5.87. The summed E-state index contributed by atoms with van der Waals surface area (Å²) in [7, 11) is 0. The van der Waals surface area contributed by atoms with Crippen LogP contribution in [0, 0.1) is 19.8 Å². The van der Waals surface area contributed by atoms with Gasteiger partial charge in [-0.2, -0.15) is 0 Å². The van der Waals surface area contributed by atoms with Crippen molar-refractivity contribution in [1.82, 2.24) is 4.90 Å². The van der Waals surface area contributed by atoms with E-state index >= 15 is 0 Å². The van der Waals surface area contributed by atoms with Gasteiger partial charge in [0.05, 0.1) is 6.54 Å².